The normalized spacial score (nSPS) is 11.9. The number of hydrogen-bond donors (Lipinski definition) is 0. The van der Waals surface area contributed by atoms with Crippen molar-refractivity contribution in [3.05, 3.63) is 69.8 Å². The molecule has 0 aliphatic rings. The van der Waals surface area contributed by atoms with E-state index in [9.17, 15) is 22.8 Å². The topological polar surface area (TPSA) is 56.9 Å². The lowest BCUT2D eigenvalue weighted by molar-refractivity contribution is -0.137. The first kappa shape index (κ1) is 20.6. The molecule has 0 spiro atoms. The highest BCUT2D eigenvalue weighted by atomic mass is 19.4. The number of aromatic nitrogens is 3. The van der Waals surface area contributed by atoms with Crippen LogP contribution in [0.5, 0.6) is 0 Å². The molecule has 2 aromatic heterocycles. The number of benzene rings is 1. The van der Waals surface area contributed by atoms with E-state index in [4.69, 9.17) is 0 Å². The molecule has 0 atom stereocenters. The van der Waals surface area contributed by atoms with Crippen molar-refractivity contribution < 1.29 is 18.0 Å². The number of rotatable bonds is 4. The summed E-state index contributed by atoms with van der Waals surface area (Å²) in [7, 11) is 1.71. The van der Waals surface area contributed by atoms with Gasteiger partial charge in [0.25, 0.3) is 5.56 Å². The molecular weight excluding hydrogens is 383 g/mol. The van der Waals surface area contributed by atoms with E-state index in [1.54, 1.807) is 44.8 Å². The van der Waals surface area contributed by atoms with Gasteiger partial charge in [-0.1, -0.05) is 19.9 Å². The van der Waals surface area contributed by atoms with Gasteiger partial charge in [-0.3, -0.25) is 18.8 Å². The molecule has 0 amide bonds. The van der Waals surface area contributed by atoms with Crippen LogP contribution in [-0.2, 0) is 13.2 Å². The molecule has 0 radical (unpaired) electrons. The van der Waals surface area contributed by atoms with E-state index in [-0.39, 0.29) is 17.0 Å². The lowest BCUT2D eigenvalue weighted by Gasteiger charge is -2.18. The molecule has 5 nitrogen and oxygen atoms in total. The monoisotopic (exact) mass is 403 g/mol. The van der Waals surface area contributed by atoms with Gasteiger partial charge in [-0.25, -0.2) is 0 Å². The van der Waals surface area contributed by atoms with Crippen molar-refractivity contribution in [1.82, 2.24) is 14.3 Å². The molecule has 1 aromatic carbocycles. The van der Waals surface area contributed by atoms with Crippen LogP contribution in [0.15, 0.2) is 47.4 Å². The van der Waals surface area contributed by atoms with Crippen LogP contribution in [0.3, 0.4) is 0 Å². The second-order valence-electron chi connectivity index (χ2n) is 7.10. The second kappa shape index (κ2) is 7.35. The number of aryl methyl sites for hydroxylation is 1. The van der Waals surface area contributed by atoms with Gasteiger partial charge in [0, 0.05) is 36.1 Å². The van der Waals surface area contributed by atoms with Gasteiger partial charge < -0.3 is 0 Å². The van der Waals surface area contributed by atoms with Crippen molar-refractivity contribution in [3.63, 3.8) is 0 Å². The lowest BCUT2D eigenvalue weighted by atomic mass is 9.98. The van der Waals surface area contributed by atoms with E-state index in [1.807, 2.05) is 0 Å². The van der Waals surface area contributed by atoms with Gasteiger partial charge in [-0.2, -0.15) is 18.3 Å². The van der Waals surface area contributed by atoms with E-state index in [2.05, 4.69) is 5.10 Å². The van der Waals surface area contributed by atoms with Crippen LogP contribution in [0.1, 0.15) is 35.5 Å². The highest BCUT2D eigenvalue weighted by molar-refractivity contribution is 5.98. The summed E-state index contributed by atoms with van der Waals surface area (Å²) in [6.45, 7) is 4.97. The van der Waals surface area contributed by atoms with Crippen molar-refractivity contribution in [2.45, 2.75) is 26.9 Å². The molecule has 29 heavy (non-hydrogen) atoms. The Morgan fingerprint density at radius 3 is 2.38 bits per heavy atom. The molecule has 3 aromatic rings. The van der Waals surface area contributed by atoms with E-state index < -0.39 is 23.2 Å². The van der Waals surface area contributed by atoms with Crippen molar-refractivity contribution in [3.8, 4) is 16.9 Å². The number of alkyl halides is 3. The number of hydrogen-bond acceptors (Lipinski definition) is 3. The van der Waals surface area contributed by atoms with Gasteiger partial charge in [0.15, 0.2) is 5.78 Å². The van der Waals surface area contributed by atoms with E-state index in [0.717, 1.165) is 16.7 Å². The fourth-order valence-electron chi connectivity index (χ4n) is 3.22. The molecule has 0 bridgehead atoms. The van der Waals surface area contributed by atoms with Crippen LogP contribution < -0.4 is 5.56 Å². The summed E-state index contributed by atoms with van der Waals surface area (Å²) in [4.78, 5) is 25.8. The number of carbonyl (C=O) groups is 1. The highest BCUT2D eigenvalue weighted by Gasteiger charge is 2.31. The molecule has 0 aliphatic carbocycles. The largest absolute Gasteiger partial charge is 0.416 e. The summed E-state index contributed by atoms with van der Waals surface area (Å²) in [6, 6.07) is 7.72. The quantitative estimate of drug-likeness (QED) is 0.607. The molecule has 3 rings (SSSR count). The summed E-state index contributed by atoms with van der Waals surface area (Å²) in [5.74, 6) is -0.820. The third-order valence-electron chi connectivity index (χ3n) is 4.77. The molecule has 8 heteroatoms. The molecule has 0 fully saturated rings. The Kier molecular flexibility index (Phi) is 5.21. The summed E-state index contributed by atoms with van der Waals surface area (Å²) in [5, 5.41) is 4.11. The minimum Gasteiger partial charge on any atom is -0.294 e. The molecule has 0 aliphatic heterocycles. The maximum atomic E-state index is 13.2. The Bertz CT molecular complexity index is 1140. The van der Waals surface area contributed by atoms with Gasteiger partial charge in [-0.15, -0.1) is 0 Å². The smallest absolute Gasteiger partial charge is 0.294 e. The van der Waals surface area contributed by atoms with E-state index in [1.165, 1.54) is 18.2 Å². The predicted octanol–water partition coefficient (Wildman–Crippen LogP) is 4.40. The first-order chi connectivity index (χ1) is 13.5. The van der Waals surface area contributed by atoms with Crippen LogP contribution in [-0.4, -0.2) is 20.1 Å². The van der Waals surface area contributed by atoms with E-state index >= 15 is 0 Å². The minimum atomic E-state index is -4.55. The number of halogens is 3. The van der Waals surface area contributed by atoms with Crippen molar-refractivity contribution in [1.29, 1.82) is 0 Å². The van der Waals surface area contributed by atoms with Crippen molar-refractivity contribution in [2.24, 2.45) is 13.0 Å². The van der Waals surface area contributed by atoms with Gasteiger partial charge in [0.2, 0.25) is 0 Å². The number of nitrogens with zero attached hydrogens (tertiary/aromatic N) is 3. The SMILES string of the molecule is Cc1c(-c2ccnn2C)cc(C(=O)C(C)C)c(=O)n1-c1cccc(C(F)(F)F)c1. The standard InChI is InChI=1S/C21H20F3N3O2/c1-12(2)19(28)17-11-16(18-8-9-25-26(18)4)13(3)27(20(17)29)15-7-5-6-14(10-15)21(22,23)24/h5-12H,1-4H3. The van der Waals surface area contributed by atoms with Crippen LogP contribution in [0.25, 0.3) is 16.9 Å². The van der Waals surface area contributed by atoms with Gasteiger partial charge >= 0.3 is 6.18 Å². The van der Waals surface area contributed by atoms with Crippen LogP contribution in [0, 0.1) is 12.8 Å². The fraction of sp³-hybridized carbons (Fsp3) is 0.286. The zero-order valence-electron chi connectivity index (χ0n) is 16.4. The molecule has 2 heterocycles. The molecule has 152 valence electrons. The molecule has 0 saturated carbocycles. The number of Topliss-reactive ketones (excluding diaryl/α,β-unsaturated/α-hetero) is 1. The Balaban J connectivity index is 2.38. The summed E-state index contributed by atoms with van der Waals surface area (Å²) >= 11 is 0. The number of carbonyl (C=O) groups excluding carboxylic acids is 1. The van der Waals surface area contributed by atoms with Crippen molar-refractivity contribution >= 4 is 5.78 Å². The summed E-state index contributed by atoms with van der Waals surface area (Å²) < 4.78 is 42.3. The predicted molar refractivity (Wildman–Crippen MR) is 103 cm³/mol. The lowest BCUT2D eigenvalue weighted by Crippen LogP contribution is -2.29. The first-order valence-electron chi connectivity index (χ1n) is 8.99. The summed E-state index contributed by atoms with van der Waals surface area (Å²) in [5.41, 5.74) is 0.0593. The molecule has 0 unspecified atom stereocenters. The van der Waals surface area contributed by atoms with Gasteiger partial charge in [0.05, 0.1) is 16.8 Å². The molecule has 0 saturated heterocycles. The number of ketones is 1. The Morgan fingerprint density at radius 1 is 1.14 bits per heavy atom. The zero-order valence-corrected chi connectivity index (χ0v) is 16.4. The Labute approximate surface area is 165 Å². The average Bonchev–Trinajstić information content (AvgIpc) is 3.07. The first-order valence-corrected chi connectivity index (χ1v) is 8.99. The van der Waals surface area contributed by atoms with Gasteiger partial charge in [-0.05, 0) is 37.3 Å². The fourth-order valence-corrected chi connectivity index (χ4v) is 3.22. The minimum absolute atomic E-state index is 0.0455. The third-order valence-corrected chi connectivity index (χ3v) is 4.77. The van der Waals surface area contributed by atoms with Crippen LogP contribution in [0.4, 0.5) is 13.2 Å². The van der Waals surface area contributed by atoms with Crippen LogP contribution in [0.2, 0.25) is 0 Å². The maximum Gasteiger partial charge on any atom is 0.416 e. The zero-order chi connectivity index (χ0) is 21.5. The summed E-state index contributed by atoms with van der Waals surface area (Å²) in [6.07, 6.45) is -2.98. The van der Waals surface area contributed by atoms with Gasteiger partial charge in [0.1, 0.15) is 0 Å². The Hall–Kier alpha value is -3.16. The number of pyridine rings is 1. The highest BCUT2D eigenvalue weighted by Crippen LogP contribution is 2.31. The molecule has 0 N–H and O–H groups in total. The Morgan fingerprint density at radius 2 is 1.83 bits per heavy atom. The molecular formula is C21H20F3N3O2. The van der Waals surface area contributed by atoms with Crippen LogP contribution >= 0.6 is 0 Å². The third kappa shape index (κ3) is 3.74. The van der Waals surface area contributed by atoms with Crippen molar-refractivity contribution in [2.75, 3.05) is 0 Å². The maximum absolute atomic E-state index is 13.2. The average molecular weight is 403 g/mol. The van der Waals surface area contributed by atoms with E-state index in [0.29, 0.717) is 17.0 Å². The second-order valence-corrected chi connectivity index (χ2v) is 7.10.